The molecule has 0 radical (unpaired) electrons. The Kier molecular flexibility index (Phi) is 5.42. The standard InChI is InChI=1S/C17H18N4O3S/c1-21(10-14-4-3-9-24-14)11-15-19-20-17(25-15)16(22)18-12-5-7-13(23-2)8-6-12/h3-9H,10-11H2,1-2H3,(H,18,22). The molecule has 0 fully saturated rings. The molecule has 1 N–H and O–H groups in total. The lowest BCUT2D eigenvalue weighted by molar-refractivity contribution is 0.102. The Balaban J connectivity index is 1.57. The van der Waals surface area contributed by atoms with Gasteiger partial charge in [-0.25, -0.2) is 0 Å². The first-order chi connectivity index (χ1) is 12.1. The molecule has 0 aliphatic rings. The van der Waals surface area contributed by atoms with Crippen molar-refractivity contribution in [1.29, 1.82) is 0 Å². The van der Waals surface area contributed by atoms with Crippen molar-refractivity contribution in [3.05, 3.63) is 58.4 Å². The summed E-state index contributed by atoms with van der Waals surface area (Å²) in [5.74, 6) is 1.34. The SMILES string of the molecule is COc1ccc(NC(=O)c2nnc(CN(C)Cc3ccco3)s2)cc1. The van der Waals surface area contributed by atoms with Gasteiger partial charge >= 0.3 is 0 Å². The molecule has 0 aliphatic heterocycles. The fraction of sp³-hybridized carbons (Fsp3) is 0.235. The first-order valence-electron chi connectivity index (χ1n) is 7.63. The summed E-state index contributed by atoms with van der Waals surface area (Å²) in [7, 11) is 3.56. The minimum absolute atomic E-state index is 0.275. The largest absolute Gasteiger partial charge is 0.497 e. The Bertz CT molecular complexity index is 815. The normalized spacial score (nSPS) is 10.8. The first kappa shape index (κ1) is 17.1. The van der Waals surface area contributed by atoms with Crippen LogP contribution in [-0.4, -0.2) is 35.2 Å². The first-order valence-corrected chi connectivity index (χ1v) is 8.44. The molecule has 0 atom stereocenters. The number of ether oxygens (including phenoxy) is 1. The van der Waals surface area contributed by atoms with Crippen LogP contribution in [0.2, 0.25) is 0 Å². The molecule has 0 saturated carbocycles. The van der Waals surface area contributed by atoms with Crippen molar-refractivity contribution in [1.82, 2.24) is 15.1 Å². The van der Waals surface area contributed by atoms with Gasteiger partial charge < -0.3 is 14.5 Å². The molecular formula is C17H18N4O3S. The van der Waals surface area contributed by atoms with Gasteiger partial charge in [0.15, 0.2) is 0 Å². The lowest BCUT2D eigenvalue weighted by Crippen LogP contribution is -2.16. The molecule has 130 valence electrons. The molecule has 3 aromatic rings. The monoisotopic (exact) mass is 358 g/mol. The Hall–Kier alpha value is -2.71. The van der Waals surface area contributed by atoms with Crippen LogP contribution in [0.5, 0.6) is 5.75 Å². The van der Waals surface area contributed by atoms with Crippen LogP contribution < -0.4 is 10.1 Å². The van der Waals surface area contributed by atoms with Crippen molar-refractivity contribution in [2.75, 3.05) is 19.5 Å². The second kappa shape index (κ2) is 7.91. The number of amides is 1. The van der Waals surface area contributed by atoms with Gasteiger partial charge in [-0.2, -0.15) is 0 Å². The van der Waals surface area contributed by atoms with Gasteiger partial charge in [-0.3, -0.25) is 9.69 Å². The van der Waals surface area contributed by atoms with Gasteiger partial charge in [-0.05, 0) is 43.4 Å². The van der Waals surface area contributed by atoms with Crippen molar-refractivity contribution in [3.8, 4) is 5.75 Å². The molecule has 2 heterocycles. The maximum Gasteiger partial charge on any atom is 0.286 e. The maximum absolute atomic E-state index is 12.3. The number of methoxy groups -OCH3 is 1. The zero-order valence-electron chi connectivity index (χ0n) is 13.9. The molecule has 1 aromatic carbocycles. The van der Waals surface area contributed by atoms with Gasteiger partial charge in [0.2, 0.25) is 5.01 Å². The predicted octanol–water partition coefficient (Wildman–Crippen LogP) is 3.02. The minimum Gasteiger partial charge on any atom is -0.497 e. The Labute approximate surface area is 149 Å². The highest BCUT2D eigenvalue weighted by molar-refractivity contribution is 7.13. The molecule has 0 aliphatic carbocycles. The zero-order chi connectivity index (χ0) is 17.6. The van der Waals surface area contributed by atoms with Crippen molar-refractivity contribution in [2.45, 2.75) is 13.1 Å². The van der Waals surface area contributed by atoms with Gasteiger partial charge in [0.05, 0.1) is 26.5 Å². The number of anilines is 1. The number of benzene rings is 1. The van der Waals surface area contributed by atoms with E-state index in [2.05, 4.69) is 15.5 Å². The van der Waals surface area contributed by atoms with Crippen LogP contribution in [0.4, 0.5) is 5.69 Å². The fourth-order valence-electron chi connectivity index (χ4n) is 2.22. The summed E-state index contributed by atoms with van der Waals surface area (Å²) in [6, 6.07) is 10.9. The van der Waals surface area contributed by atoms with Crippen molar-refractivity contribution < 1.29 is 13.9 Å². The summed E-state index contributed by atoms with van der Waals surface area (Å²) in [6.45, 7) is 1.26. The molecule has 3 rings (SSSR count). The lowest BCUT2D eigenvalue weighted by Gasteiger charge is -2.12. The fourth-order valence-corrected chi connectivity index (χ4v) is 3.04. The van der Waals surface area contributed by atoms with E-state index in [0.29, 0.717) is 23.8 Å². The number of furan rings is 1. The third kappa shape index (κ3) is 4.65. The van der Waals surface area contributed by atoms with Crippen LogP contribution in [0.1, 0.15) is 20.6 Å². The molecular weight excluding hydrogens is 340 g/mol. The number of aromatic nitrogens is 2. The molecule has 25 heavy (non-hydrogen) atoms. The molecule has 0 spiro atoms. The van der Waals surface area contributed by atoms with E-state index in [4.69, 9.17) is 9.15 Å². The van der Waals surface area contributed by atoms with Crippen LogP contribution in [0.15, 0.2) is 47.1 Å². The van der Waals surface area contributed by atoms with Crippen molar-refractivity contribution in [3.63, 3.8) is 0 Å². The van der Waals surface area contributed by atoms with Crippen LogP contribution in [0.25, 0.3) is 0 Å². The zero-order valence-corrected chi connectivity index (χ0v) is 14.7. The van der Waals surface area contributed by atoms with E-state index in [1.54, 1.807) is 37.6 Å². The van der Waals surface area contributed by atoms with Gasteiger partial charge in [-0.1, -0.05) is 11.3 Å². The van der Waals surface area contributed by atoms with Crippen LogP contribution >= 0.6 is 11.3 Å². The van der Waals surface area contributed by atoms with Crippen LogP contribution in [0, 0.1) is 0 Å². The van der Waals surface area contributed by atoms with Crippen molar-refractivity contribution in [2.24, 2.45) is 0 Å². The van der Waals surface area contributed by atoms with E-state index < -0.39 is 0 Å². The van der Waals surface area contributed by atoms with Gasteiger partial charge in [0, 0.05) is 5.69 Å². The molecule has 1 amide bonds. The van der Waals surface area contributed by atoms with E-state index in [0.717, 1.165) is 16.5 Å². The summed E-state index contributed by atoms with van der Waals surface area (Å²) in [5.41, 5.74) is 0.678. The average Bonchev–Trinajstić information content (AvgIpc) is 3.27. The van der Waals surface area contributed by atoms with E-state index >= 15 is 0 Å². The smallest absolute Gasteiger partial charge is 0.286 e. The summed E-state index contributed by atoms with van der Waals surface area (Å²) >= 11 is 1.28. The highest BCUT2D eigenvalue weighted by Gasteiger charge is 2.14. The van der Waals surface area contributed by atoms with Gasteiger partial charge in [0.25, 0.3) is 5.91 Å². The Morgan fingerprint density at radius 3 is 2.72 bits per heavy atom. The van der Waals surface area contributed by atoms with E-state index in [-0.39, 0.29) is 5.91 Å². The number of hydrogen-bond donors (Lipinski definition) is 1. The molecule has 0 bridgehead atoms. The predicted molar refractivity (Wildman–Crippen MR) is 94.7 cm³/mol. The molecule has 0 saturated heterocycles. The third-order valence-electron chi connectivity index (χ3n) is 3.42. The number of nitrogens with one attached hydrogen (secondary N) is 1. The lowest BCUT2D eigenvalue weighted by atomic mass is 10.3. The number of rotatable bonds is 7. The third-order valence-corrected chi connectivity index (χ3v) is 4.33. The van der Waals surface area contributed by atoms with Gasteiger partial charge in [0.1, 0.15) is 16.5 Å². The topological polar surface area (TPSA) is 80.5 Å². The summed E-state index contributed by atoms with van der Waals surface area (Å²) in [6.07, 6.45) is 1.65. The molecule has 2 aromatic heterocycles. The van der Waals surface area contributed by atoms with Crippen LogP contribution in [-0.2, 0) is 13.1 Å². The quantitative estimate of drug-likeness (QED) is 0.699. The van der Waals surface area contributed by atoms with E-state index in [9.17, 15) is 4.79 Å². The highest BCUT2D eigenvalue weighted by atomic mass is 32.1. The number of carbonyl (C=O) groups excluding carboxylic acids is 1. The number of carbonyl (C=O) groups is 1. The Morgan fingerprint density at radius 2 is 2.04 bits per heavy atom. The molecule has 8 heteroatoms. The number of hydrogen-bond acceptors (Lipinski definition) is 7. The average molecular weight is 358 g/mol. The second-order valence-electron chi connectivity index (χ2n) is 5.44. The van der Waals surface area contributed by atoms with Gasteiger partial charge in [-0.15, -0.1) is 10.2 Å². The molecule has 0 unspecified atom stereocenters. The summed E-state index contributed by atoms with van der Waals surface area (Å²) in [4.78, 5) is 14.3. The molecule has 7 nitrogen and oxygen atoms in total. The number of nitrogens with zero attached hydrogens (tertiary/aromatic N) is 3. The second-order valence-corrected chi connectivity index (χ2v) is 6.50. The van der Waals surface area contributed by atoms with E-state index in [1.807, 2.05) is 24.1 Å². The van der Waals surface area contributed by atoms with Crippen LogP contribution in [0.3, 0.4) is 0 Å². The minimum atomic E-state index is -0.275. The summed E-state index contributed by atoms with van der Waals surface area (Å²) < 4.78 is 10.4. The summed E-state index contributed by atoms with van der Waals surface area (Å²) in [5, 5.41) is 12.0. The van der Waals surface area contributed by atoms with Crippen molar-refractivity contribution >= 4 is 22.9 Å². The van der Waals surface area contributed by atoms with E-state index in [1.165, 1.54) is 11.3 Å². The maximum atomic E-state index is 12.3. The highest BCUT2D eigenvalue weighted by Crippen LogP contribution is 2.18. The Morgan fingerprint density at radius 1 is 1.24 bits per heavy atom.